The third-order valence-electron chi connectivity index (χ3n) is 2.64. The predicted molar refractivity (Wildman–Crippen MR) is 59.5 cm³/mol. The molecule has 0 aliphatic carbocycles. The fraction of sp³-hybridized carbons (Fsp3) is 1.00. The largest absolute Gasteiger partial charge is 0.395 e. The average molecular weight is 203 g/mol. The number of aliphatic hydroxyl groups excluding tert-OH is 1. The lowest BCUT2D eigenvalue weighted by molar-refractivity contribution is 0.121. The van der Waals surface area contributed by atoms with Crippen molar-refractivity contribution in [1.82, 2.24) is 4.90 Å². The number of methoxy groups -OCH3 is 1. The molecule has 0 aromatic carbocycles. The number of ether oxygens (including phenoxy) is 1. The highest BCUT2D eigenvalue weighted by Crippen LogP contribution is 2.08. The highest BCUT2D eigenvalue weighted by molar-refractivity contribution is 4.68. The van der Waals surface area contributed by atoms with Crippen molar-refractivity contribution < 1.29 is 9.84 Å². The number of rotatable bonds is 9. The summed E-state index contributed by atoms with van der Waals surface area (Å²) in [6.07, 6.45) is 3.36. The van der Waals surface area contributed by atoms with Gasteiger partial charge in [0, 0.05) is 32.8 Å². The molecule has 0 radical (unpaired) electrons. The lowest BCUT2D eigenvalue weighted by atomic mass is 10.1. The lowest BCUT2D eigenvalue weighted by Crippen LogP contribution is -2.37. The standard InChI is InChI=1S/C11H25NO2/c1-4-11(5-2)12(8-9-13)7-6-10-14-3/h11,13H,4-10H2,1-3H3. The smallest absolute Gasteiger partial charge is 0.0558 e. The van der Waals surface area contributed by atoms with E-state index in [1.165, 1.54) is 0 Å². The van der Waals surface area contributed by atoms with Gasteiger partial charge in [0.1, 0.15) is 0 Å². The van der Waals surface area contributed by atoms with Crippen LogP contribution in [0.3, 0.4) is 0 Å². The molecule has 0 unspecified atom stereocenters. The molecule has 3 heteroatoms. The second-order valence-corrected chi connectivity index (χ2v) is 3.58. The first-order valence-corrected chi connectivity index (χ1v) is 5.63. The fourth-order valence-corrected chi connectivity index (χ4v) is 1.82. The van der Waals surface area contributed by atoms with Gasteiger partial charge in [-0.2, -0.15) is 0 Å². The molecule has 0 bridgehead atoms. The topological polar surface area (TPSA) is 32.7 Å². The summed E-state index contributed by atoms with van der Waals surface area (Å²) in [5.74, 6) is 0. The van der Waals surface area contributed by atoms with E-state index < -0.39 is 0 Å². The Morgan fingerprint density at radius 3 is 2.29 bits per heavy atom. The van der Waals surface area contributed by atoms with E-state index in [0.717, 1.165) is 39.0 Å². The maximum absolute atomic E-state index is 8.96. The Morgan fingerprint density at radius 1 is 1.21 bits per heavy atom. The van der Waals surface area contributed by atoms with Crippen molar-refractivity contribution in [2.75, 3.05) is 33.4 Å². The SMILES string of the molecule is CCC(CC)N(CCO)CCCOC. The first-order valence-electron chi connectivity index (χ1n) is 5.63. The lowest BCUT2D eigenvalue weighted by Gasteiger charge is -2.29. The maximum Gasteiger partial charge on any atom is 0.0558 e. The first-order chi connectivity index (χ1) is 6.79. The molecule has 3 nitrogen and oxygen atoms in total. The molecular weight excluding hydrogens is 178 g/mol. The van der Waals surface area contributed by atoms with Gasteiger partial charge < -0.3 is 9.84 Å². The summed E-state index contributed by atoms with van der Waals surface area (Å²) in [5, 5.41) is 8.96. The normalized spacial score (nSPS) is 11.6. The van der Waals surface area contributed by atoms with Gasteiger partial charge in [-0.05, 0) is 19.3 Å². The third-order valence-corrected chi connectivity index (χ3v) is 2.64. The van der Waals surface area contributed by atoms with E-state index in [4.69, 9.17) is 9.84 Å². The summed E-state index contributed by atoms with van der Waals surface area (Å²) in [4.78, 5) is 2.36. The van der Waals surface area contributed by atoms with Gasteiger partial charge in [0.05, 0.1) is 6.61 Å². The molecule has 14 heavy (non-hydrogen) atoms. The van der Waals surface area contributed by atoms with Gasteiger partial charge in [0.2, 0.25) is 0 Å². The number of aliphatic hydroxyl groups is 1. The molecule has 1 N–H and O–H groups in total. The molecular formula is C11H25NO2. The zero-order chi connectivity index (χ0) is 10.8. The summed E-state index contributed by atoms with van der Waals surface area (Å²) >= 11 is 0. The van der Waals surface area contributed by atoms with E-state index >= 15 is 0 Å². The van der Waals surface area contributed by atoms with Gasteiger partial charge >= 0.3 is 0 Å². The Kier molecular flexibility index (Phi) is 9.35. The van der Waals surface area contributed by atoms with Crippen molar-refractivity contribution in [2.45, 2.75) is 39.2 Å². The number of hydrogen-bond donors (Lipinski definition) is 1. The Balaban J connectivity index is 3.85. The number of hydrogen-bond acceptors (Lipinski definition) is 3. The van der Waals surface area contributed by atoms with Gasteiger partial charge in [-0.1, -0.05) is 13.8 Å². The van der Waals surface area contributed by atoms with Gasteiger partial charge in [-0.25, -0.2) is 0 Å². The van der Waals surface area contributed by atoms with Crippen molar-refractivity contribution in [3.8, 4) is 0 Å². The van der Waals surface area contributed by atoms with E-state index in [9.17, 15) is 0 Å². The van der Waals surface area contributed by atoms with Gasteiger partial charge in [-0.15, -0.1) is 0 Å². The van der Waals surface area contributed by atoms with Crippen LogP contribution in [0.25, 0.3) is 0 Å². The van der Waals surface area contributed by atoms with Crippen LogP contribution in [0.1, 0.15) is 33.1 Å². The molecule has 0 aliphatic heterocycles. The minimum atomic E-state index is 0.253. The van der Waals surface area contributed by atoms with Crippen LogP contribution in [-0.4, -0.2) is 49.5 Å². The molecule has 0 atom stereocenters. The highest BCUT2D eigenvalue weighted by atomic mass is 16.5. The second kappa shape index (κ2) is 9.44. The molecule has 86 valence electrons. The fourth-order valence-electron chi connectivity index (χ4n) is 1.82. The Bertz CT molecular complexity index is 116. The zero-order valence-corrected chi connectivity index (χ0v) is 9.83. The van der Waals surface area contributed by atoms with Crippen LogP contribution in [0.2, 0.25) is 0 Å². The summed E-state index contributed by atoms with van der Waals surface area (Å²) in [6.45, 7) is 7.28. The van der Waals surface area contributed by atoms with Crippen LogP contribution in [-0.2, 0) is 4.74 Å². The molecule has 0 aromatic rings. The van der Waals surface area contributed by atoms with Crippen LogP contribution in [0, 0.1) is 0 Å². The van der Waals surface area contributed by atoms with E-state index in [1.54, 1.807) is 7.11 Å². The molecule has 0 amide bonds. The Labute approximate surface area is 88.1 Å². The van der Waals surface area contributed by atoms with E-state index in [1.807, 2.05) is 0 Å². The summed E-state index contributed by atoms with van der Waals surface area (Å²) in [6, 6.07) is 0.610. The van der Waals surface area contributed by atoms with E-state index in [-0.39, 0.29) is 6.61 Å². The van der Waals surface area contributed by atoms with E-state index in [2.05, 4.69) is 18.7 Å². The molecule has 0 aromatic heterocycles. The first kappa shape index (κ1) is 13.9. The van der Waals surface area contributed by atoms with Crippen LogP contribution >= 0.6 is 0 Å². The van der Waals surface area contributed by atoms with Gasteiger partial charge in [0.15, 0.2) is 0 Å². The van der Waals surface area contributed by atoms with Crippen LogP contribution < -0.4 is 0 Å². The van der Waals surface area contributed by atoms with Crippen molar-refractivity contribution in [3.05, 3.63) is 0 Å². The van der Waals surface area contributed by atoms with Crippen LogP contribution in [0.4, 0.5) is 0 Å². The zero-order valence-electron chi connectivity index (χ0n) is 9.83. The quantitative estimate of drug-likeness (QED) is 0.577. The molecule has 0 saturated heterocycles. The Hall–Kier alpha value is -0.120. The summed E-state index contributed by atoms with van der Waals surface area (Å²) in [7, 11) is 1.73. The second-order valence-electron chi connectivity index (χ2n) is 3.58. The minimum Gasteiger partial charge on any atom is -0.395 e. The van der Waals surface area contributed by atoms with Crippen LogP contribution in [0.5, 0.6) is 0 Å². The monoisotopic (exact) mass is 203 g/mol. The molecule has 0 saturated carbocycles. The summed E-state index contributed by atoms with van der Waals surface area (Å²) < 4.78 is 5.03. The van der Waals surface area contributed by atoms with E-state index in [0.29, 0.717) is 6.04 Å². The van der Waals surface area contributed by atoms with Gasteiger partial charge in [-0.3, -0.25) is 4.90 Å². The summed E-state index contributed by atoms with van der Waals surface area (Å²) in [5.41, 5.74) is 0. The van der Waals surface area contributed by atoms with Crippen molar-refractivity contribution in [3.63, 3.8) is 0 Å². The van der Waals surface area contributed by atoms with Crippen LogP contribution in [0.15, 0.2) is 0 Å². The van der Waals surface area contributed by atoms with Crippen molar-refractivity contribution in [2.24, 2.45) is 0 Å². The molecule has 0 spiro atoms. The van der Waals surface area contributed by atoms with Gasteiger partial charge in [0.25, 0.3) is 0 Å². The Morgan fingerprint density at radius 2 is 1.86 bits per heavy atom. The van der Waals surface area contributed by atoms with Crippen molar-refractivity contribution in [1.29, 1.82) is 0 Å². The highest BCUT2D eigenvalue weighted by Gasteiger charge is 2.13. The third kappa shape index (κ3) is 5.58. The molecule has 0 heterocycles. The van der Waals surface area contributed by atoms with Crippen molar-refractivity contribution >= 4 is 0 Å². The molecule has 0 fully saturated rings. The molecule has 0 rings (SSSR count). The predicted octanol–water partition coefficient (Wildman–Crippen LogP) is 1.51. The average Bonchev–Trinajstić information content (AvgIpc) is 2.20. The molecule has 0 aliphatic rings. The number of nitrogens with zero attached hydrogens (tertiary/aromatic N) is 1. The minimum absolute atomic E-state index is 0.253. The maximum atomic E-state index is 8.96.